The summed E-state index contributed by atoms with van der Waals surface area (Å²) in [5.41, 5.74) is 0.313. The van der Waals surface area contributed by atoms with Gasteiger partial charge in [-0.2, -0.15) is 13.2 Å². The zero-order valence-electron chi connectivity index (χ0n) is 12.3. The molecule has 0 aliphatic carbocycles. The van der Waals surface area contributed by atoms with E-state index >= 15 is 0 Å². The van der Waals surface area contributed by atoms with Crippen molar-refractivity contribution in [3.8, 4) is 0 Å². The van der Waals surface area contributed by atoms with Crippen LogP contribution in [0.25, 0.3) is 0 Å². The zero-order valence-corrected chi connectivity index (χ0v) is 12.3. The lowest BCUT2D eigenvalue weighted by molar-refractivity contribution is -0.137. The van der Waals surface area contributed by atoms with Gasteiger partial charge in [0.1, 0.15) is 0 Å². The fourth-order valence-corrected chi connectivity index (χ4v) is 2.22. The van der Waals surface area contributed by atoms with E-state index in [2.05, 4.69) is 19.2 Å². The fraction of sp³-hybridized carbons (Fsp3) is 0.625. The number of benzene rings is 1. The molecule has 1 aromatic rings. The van der Waals surface area contributed by atoms with Crippen LogP contribution in [0.5, 0.6) is 0 Å². The molecule has 0 aliphatic rings. The van der Waals surface area contributed by atoms with Crippen molar-refractivity contribution in [1.29, 1.82) is 0 Å². The molecule has 0 heterocycles. The maximum absolute atomic E-state index is 12.5. The third kappa shape index (κ3) is 5.95. The highest BCUT2D eigenvalue weighted by Gasteiger charge is 2.29. The Morgan fingerprint density at radius 2 is 1.65 bits per heavy atom. The minimum Gasteiger partial charge on any atom is -0.310 e. The Bertz CT molecular complexity index is 370. The molecule has 0 radical (unpaired) electrons. The second-order valence-electron chi connectivity index (χ2n) is 5.20. The summed E-state index contributed by atoms with van der Waals surface area (Å²) in [4.78, 5) is 0. The third-order valence-corrected chi connectivity index (χ3v) is 3.42. The van der Waals surface area contributed by atoms with Gasteiger partial charge in [-0.15, -0.1) is 0 Å². The fourth-order valence-electron chi connectivity index (χ4n) is 2.22. The lowest BCUT2D eigenvalue weighted by Gasteiger charge is -2.18. The topological polar surface area (TPSA) is 12.0 Å². The normalized spacial score (nSPS) is 13.4. The molecule has 0 bridgehead atoms. The highest BCUT2D eigenvalue weighted by Crippen LogP contribution is 2.29. The number of alkyl halides is 3. The second kappa shape index (κ2) is 8.30. The van der Waals surface area contributed by atoms with Crippen molar-refractivity contribution in [2.45, 2.75) is 64.7 Å². The average molecular weight is 287 g/mol. The van der Waals surface area contributed by atoms with Crippen LogP contribution in [0.2, 0.25) is 0 Å². The number of nitrogens with one attached hydrogen (secondary N) is 1. The smallest absolute Gasteiger partial charge is 0.310 e. The summed E-state index contributed by atoms with van der Waals surface area (Å²) in [6, 6.07) is 5.87. The lowest BCUT2D eigenvalue weighted by atomic mass is 10.0. The number of halogens is 3. The predicted octanol–water partition coefficient (Wildman–Crippen LogP) is 5.15. The summed E-state index contributed by atoms with van der Waals surface area (Å²) in [6.45, 7) is 4.95. The van der Waals surface area contributed by atoms with Crippen molar-refractivity contribution < 1.29 is 13.2 Å². The molecular formula is C16H24F3N. The second-order valence-corrected chi connectivity index (χ2v) is 5.20. The maximum atomic E-state index is 12.5. The average Bonchev–Trinajstić information content (AvgIpc) is 2.41. The molecular weight excluding hydrogens is 263 g/mol. The lowest BCUT2D eigenvalue weighted by Crippen LogP contribution is -2.28. The van der Waals surface area contributed by atoms with E-state index < -0.39 is 11.7 Å². The van der Waals surface area contributed by atoms with Gasteiger partial charge in [0.15, 0.2) is 0 Å². The van der Waals surface area contributed by atoms with E-state index in [-0.39, 0.29) is 0 Å². The molecule has 1 unspecified atom stereocenters. The molecule has 0 aromatic heterocycles. The van der Waals surface area contributed by atoms with E-state index in [1.54, 1.807) is 12.1 Å². The van der Waals surface area contributed by atoms with Gasteiger partial charge >= 0.3 is 6.18 Å². The van der Waals surface area contributed by atoms with E-state index in [0.717, 1.165) is 37.0 Å². The highest BCUT2D eigenvalue weighted by molar-refractivity contribution is 5.24. The first-order valence-corrected chi connectivity index (χ1v) is 7.36. The predicted molar refractivity (Wildman–Crippen MR) is 76.5 cm³/mol. The van der Waals surface area contributed by atoms with Crippen molar-refractivity contribution in [3.05, 3.63) is 35.4 Å². The van der Waals surface area contributed by atoms with Crippen molar-refractivity contribution >= 4 is 0 Å². The molecule has 1 aromatic carbocycles. The van der Waals surface area contributed by atoms with Crippen molar-refractivity contribution in [2.75, 3.05) is 0 Å². The summed E-state index contributed by atoms with van der Waals surface area (Å²) in [7, 11) is 0. The van der Waals surface area contributed by atoms with Crippen LogP contribution in [0.1, 0.15) is 57.1 Å². The summed E-state index contributed by atoms with van der Waals surface area (Å²) < 4.78 is 37.4. The molecule has 0 saturated heterocycles. The number of rotatable bonds is 8. The Morgan fingerprint density at radius 1 is 1.00 bits per heavy atom. The highest BCUT2D eigenvalue weighted by atomic mass is 19.4. The van der Waals surface area contributed by atoms with Gasteiger partial charge < -0.3 is 5.32 Å². The summed E-state index contributed by atoms with van der Waals surface area (Å²) >= 11 is 0. The van der Waals surface area contributed by atoms with Gasteiger partial charge in [0.05, 0.1) is 5.56 Å². The molecule has 1 atom stereocenters. The monoisotopic (exact) mass is 287 g/mol. The summed E-state index contributed by atoms with van der Waals surface area (Å²) in [6.07, 6.45) is 1.46. The first-order valence-electron chi connectivity index (χ1n) is 7.36. The van der Waals surface area contributed by atoms with Crippen LogP contribution in [-0.4, -0.2) is 6.04 Å². The number of hydrogen-bond acceptors (Lipinski definition) is 1. The van der Waals surface area contributed by atoms with Crippen LogP contribution in [0.15, 0.2) is 24.3 Å². The number of unbranched alkanes of at least 4 members (excludes halogenated alkanes) is 1. The van der Waals surface area contributed by atoms with Gasteiger partial charge in [-0.05, 0) is 30.5 Å². The van der Waals surface area contributed by atoms with Crippen LogP contribution < -0.4 is 5.32 Å². The van der Waals surface area contributed by atoms with Crippen LogP contribution in [-0.2, 0) is 12.7 Å². The van der Waals surface area contributed by atoms with E-state index in [0.29, 0.717) is 12.6 Å². The summed E-state index contributed by atoms with van der Waals surface area (Å²) in [5, 5.41) is 3.45. The Hall–Kier alpha value is -1.03. The Kier molecular flexibility index (Phi) is 7.06. The van der Waals surface area contributed by atoms with Crippen LogP contribution in [0, 0.1) is 0 Å². The molecule has 1 rings (SSSR count). The van der Waals surface area contributed by atoms with Gasteiger partial charge in [0, 0.05) is 12.6 Å². The molecule has 0 aliphatic heterocycles. The Labute approximate surface area is 119 Å². The summed E-state index contributed by atoms with van der Waals surface area (Å²) in [5.74, 6) is 0. The quantitative estimate of drug-likeness (QED) is 0.697. The van der Waals surface area contributed by atoms with Crippen molar-refractivity contribution in [2.24, 2.45) is 0 Å². The van der Waals surface area contributed by atoms with E-state index in [4.69, 9.17) is 0 Å². The van der Waals surface area contributed by atoms with Gasteiger partial charge in [-0.1, -0.05) is 45.2 Å². The van der Waals surface area contributed by atoms with Gasteiger partial charge in [0.2, 0.25) is 0 Å². The van der Waals surface area contributed by atoms with E-state index in [9.17, 15) is 13.2 Å². The first kappa shape index (κ1) is 17.0. The molecule has 0 saturated carbocycles. The minimum absolute atomic E-state index is 0.460. The molecule has 4 heteroatoms. The minimum atomic E-state index is -4.25. The molecule has 0 fully saturated rings. The zero-order chi connectivity index (χ0) is 15.0. The Balaban J connectivity index is 2.51. The SMILES string of the molecule is CCCCC(CCC)NCc1ccc(C(F)(F)F)cc1. The molecule has 0 spiro atoms. The molecule has 0 amide bonds. The van der Waals surface area contributed by atoms with Crippen LogP contribution in [0.3, 0.4) is 0 Å². The van der Waals surface area contributed by atoms with Crippen LogP contribution >= 0.6 is 0 Å². The molecule has 1 nitrogen and oxygen atoms in total. The third-order valence-electron chi connectivity index (χ3n) is 3.42. The maximum Gasteiger partial charge on any atom is 0.416 e. The van der Waals surface area contributed by atoms with Gasteiger partial charge in [0.25, 0.3) is 0 Å². The van der Waals surface area contributed by atoms with Gasteiger partial charge in [-0.3, -0.25) is 0 Å². The largest absolute Gasteiger partial charge is 0.416 e. The van der Waals surface area contributed by atoms with Crippen LogP contribution in [0.4, 0.5) is 13.2 Å². The standard InChI is InChI=1S/C16H24F3N/c1-3-5-7-15(6-4-2)20-12-13-8-10-14(11-9-13)16(17,18)19/h8-11,15,20H,3-7,12H2,1-2H3. The van der Waals surface area contributed by atoms with Crippen molar-refractivity contribution in [3.63, 3.8) is 0 Å². The molecule has 114 valence electrons. The first-order chi connectivity index (χ1) is 9.47. The van der Waals surface area contributed by atoms with Gasteiger partial charge in [-0.25, -0.2) is 0 Å². The molecule has 20 heavy (non-hydrogen) atoms. The number of hydrogen-bond donors (Lipinski definition) is 1. The molecule has 1 N–H and O–H groups in total. The van der Waals surface area contributed by atoms with E-state index in [1.807, 2.05) is 0 Å². The van der Waals surface area contributed by atoms with E-state index in [1.165, 1.54) is 12.8 Å². The Morgan fingerprint density at radius 3 is 2.15 bits per heavy atom. The van der Waals surface area contributed by atoms with Crippen molar-refractivity contribution in [1.82, 2.24) is 5.32 Å².